The lowest BCUT2D eigenvalue weighted by Gasteiger charge is -2.12. The Bertz CT molecular complexity index is 670. The predicted octanol–water partition coefficient (Wildman–Crippen LogP) is 3.69. The van der Waals surface area contributed by atoms with Gasteiger partial charge in [0.25, 0.3) is 5.91 Å². The summed E-state index contributed by atoms with van der Waals surface area (Å²) >= 11 is 3.36. The topological polar surface area (TPSA) is 63.2 Å². The molecule has 1 atom stereocenters. The van der Waals surface area contributed by atoms with Gasteiger partial charge in [0.2, 0.25) is 0 Å². The lowest BCUT2D eigenvalue weighted by atomic mass is 10.2. The van der Waals surface area contributed by atoms with E-state index in [-0.39, 0.29) is 12.0 Å². The number of anilines is 2. The van der Waals surface area contributed by atoms with Gasteiger partial charge in [-0.1, -0.05) is 22.0 Å². The van der Waals surface area contributed by atoms with Crippen molar-refractivity contribution in [2.45, 2.75) is 18.9 Å². The van der Waals surface area contributed by atoms with Crippen LogP contribution in [0.1, 0.15) is 23.2 Å². The third-order valence-corrected chi connectivity index (χ3v) is 4.14. The van der Waals surface area contributed by atoms with Crippen molar-refractivity contribution in [3.63, 3.8) is 0 Å². The molecule has 1 aliphatic rings. The normalized spacial score (nSPS) is 17.0. The van der Waals surface area contributed by atoms with Crippen LogP contribution in [0.3, 0.4) is 0 Å². The first-order chi connectivity index (χ1) is 11.2. The smallest absolute Gasteiger partial charge is 0.256 e. The maximum atomic E-state index is 12.1. The van der Waals surface area contributed by atoms with Crippen molar-refractivity contribution in [1.82, 2.24) is 4.98 Å². The summed E-state index contributed by atoms with van der Waals surface area (Å²) in [6, 6.07) is 10.9. The number of hydrogen-bond donors (Lipinski definition) is 2. The van der Waals surface area contributed by atoms with Crippen LogP contribution in [-0.4, -0.2) is 30.1 Å². The van der Waals surface area contributed by atoms with Gasteiger partial charge in [-0.05, 0) is 43.2 Å². The molecule has 0 bridgehead atoms. The zero-order valence-electron chi connectivity index (χ0n) is 12.6. The first-order valence-corrected chi connectivity index (χ1v) is 8.38. The lowest BCUT2D eigenvalue weighted by molar-refractivity contribution is 0.102. The number of carbonyl (C=O) groups is 1. The first-order valence-electron chi connectivity index (χ1n) is 7.59. The molecule has 1 amide bonds. The summed E-state index contributed by atoms with van der Waals surface area (Å²) in [5, 5.41) is 6.09. The summed E-state index contributed by atoms with van der Waals surface area (Å²) in [5.41, 5.74) is 1.50. The molecule has 2 heterocycles. The van der Waals surface area contributed by atoms with Crippen molar-refractivity contribution < 1.29 is 9.53 Å². The van der Waals surface area contributed by atoms with Gasteiger partial charge in [-0.15, -0.1) is 0 Å². The van der Waals surface area contributed by atoms with E-state index in [1.165, 1.54) is 0 Å². The Hall–Kier alpha value is -1.92. The number of benzene rings is 1. The largest absolute Gasteiger partial charge is 0.381 e. The zero-order valence-corrected chi connectivity index (χ0v) is 14.2. The molecular formula is C17H18BrN3O2. The average Bonchev–Trinajstić information content (AvgIpc) is 3.08. The van der Waals surface area contributed by atoms with Gasteiger partial charge in [0.1, 0.15) is 5.82 Å². The Morgan fingerprint density at radius 2 is 2.26 bits per heavy atom. The molecule has 1 aliphatic heterocycles. The molecule has 2 aromatic rings. The van der Waals surface area contributed by atoms with Crippen LogP contribution in [0.2, 0.25) is 0 Å². The molecule has 1 aromatic heterocycles. The van der Waals surface area contributed by atoms with Crippen LogP contribution in [0.15, 0.2) is 47.1 Å². The van der Waals surface area contributed by atoms with E-state index < -0.39 is 0 Å². The molecule has 1 fully saturated rings. The number of aromatic nitrogens is 1. The third-order valence-electron chi connectivity index (χ3n) is 3.65. The van der Waals surface area contributed by atoms with Crippen LogP contribution >= 0.6 is 15.9 Å². The molecule has 3 rings (SSSR count). The van der Waals surface area contributed by atoms with E-state index in [1.807, 2.05) is 18.2 Å². The second kappa shape index (κ2) is 7.57. The molecule has 120 valence electrons. The number of nitrogens with zero attached hydrogens (tertiary/aromatic N) is 1. The predicted molar refractivity (Wildman–Crippen MR) is 93.8 cm³/mol. The van der Waals surface area contributed by atoms with E-state index in [2.05, 4.69) is 31.5 Å². The summed E-state index contributed by atoms with van der Waals surface area (Å²) < 4.78 is 6.43. The Morgan fingerprint density at radius 3 is 2.96 bits per heavy atom. The van der Waals surface area contributed by atoms with Crippen molar-refractivity contribution >= 4 is 33.3 Å². The van der Waals surface area contributed by atoms with Crippen molar-refractivity contribution in [1.29, 1.82) is 0 Å². The molecule has 0 aliphatic carbocycles. The number of ether oxygens (including phenoxy) is 1. The van der Waals surface area contributed by atoms with Gasteiger partial charge >= 0.3 is 0 Å². The number of amides is 1. The van der Waals surface area contributed by atoms with Crippen LogP contribution in [0.5, 0.6) is 0 Å². The van der Waals surface area contributed by atoms with Crippen molar-refractivity contribution in [2.24, 2.45) is 0 Å². The molecule has 0 radical (unpaired) electrons. The van der Waals surface area contributed by atoms with E-state index >= 15 is 0 Å². The standard InChI is InChI=1S/C17H18BrN3O2/c18-13-4-1-3-12(9-13)17(22)21-16-7-6-14(10-20-16)19-11-15-5-2-8-23-15/h1,3-4,6-7,9-10,15,19H,2,5,8,11H2,(H,20,21,22). The molecule has 1 unspecified atom stereocenters. The van der Waals surface area contributed by atoms with Crippen molar-refractivity contribution in [2.75, 3.05) is 23.8 Å². The Balaban J connectivity index is 1.55. The number of hydrogen-bond acceptors (Lipinski definition) is 4. The van der Waals surface area contributed by atoms with Crippen molar-refractivity contribution in [3.05, 3.63) is 52.6 Å². The van der Waals surface area contributed by atoms with Crippen LogP contribution < -0.4 is 10.6 Å². The van der Waals surface area contributed by atoms with Gasteiger partial charge < -0.3 is 15.4 Å². The minimum atomic E-state index is -0.182. The minimum absolute atomic E-state index is 0.182. The fraction of sp³-hybridized carbons (Fsp3) is 0.294. The Kier molecular flexibility index (Phi) is 5.25. The summed E-state index contributed by atoms with van der Waals surface area (Å²) in [6.07, 6.45) is 4.23. The molecular weight excluding hydrogens is 358 g/mol. The molecule has 5 nitrogen and oxygen atoms in total. The molecule has 0 saturated carbocycles. The Labute approximate surface area is 143 Å². The zero-order chi connectivity index (χ0) is 16.1. The van der Waals surface area contributed by atoms with Crippen LogP contribution in [-0.2, 0) is 4.74 Å². The summed E-state index contributed by atoms with van der Waals surface area (Å²) in [5.74, 6) is 0.344. The monoisotopic (exact) mass is 375 g/mol. The second-order valence-electron chi connectivity index (χ2n) is 5.41. The maximum absolute atomic E-state index is 12.1. The maximum Gasteiger partial charge on any atom is 0.256 e. The molecule has 6 heteroatoms. The molecule has 2 N–H and O–H groups in total. The molecule has 23 heavy (non-hydrogen) atoms. The van der Waals surface area contributed by atoms with Gasteiger partial charge in [0.15, 0.2) is 0 Å². The summed E-state index contributed by atoms with van der Waals surface area (Å²) in [7, 11) is 0. The molecule has 1 saturated heterocycles. The van der Waals surface area contributed by atoms with E-state index in [1.54, 1.807) is 24.4 Å². The highest BCUT2D eigenvalue weighted by Gasteiger charge is 2.14. The van der Waals surface area contributed by atoms with E-state index in [9.17, 15) is 4.79 Å². The fourth-order valence-corrected chi connectivity index (χ4v) is 2.83. The fourth-order valence-electron chi connectivity index (χ4n) is 2.43. The SMILES string of the molecule is O=C(Nc1ccc(NCC2CCCO2)cn1)c1cccc(Br)c1. The molecule has 0 spiro atoms. The van der Waals surface area contributed by atoms with E-state index in [4.69, 9.17) is 4.74 Å². The van der Waals surface area contributed by atoms with Crippen LogP contribution in [0.25, 0.3) is 0 Å². The van der Waals surface area contributed by atoms with E-state index in [0.29, 0.717) is 11.4 Å². The summed E-state index contributed by atoms with van der Waals surface area (Å²) in [6.45, 7) is 1.64. The van der Waals surface area contributed by atoms with E-state index in [0.717, 1.165) is 36.2 Å². The van der Waals surface area contributed by atoms with Gasteiger partial charge in [-0.3, -0.25) is 4.79 Å². The minimum Gasteiger partial charge on any atom is -0.381 e. The first kappa shape index (κ1) is 16.0. The highest BCUT2D eigenvalue weighted by molar-refractivity contribution is 9.10. The average molecular weight is 376 g/mol. The van der Waals surface area contributed by atoms with Gasteiger partial charge in [-0.25, -0.2) is 4.98 Å². The van der Waals surface area contributed by atoms with Crippen molar-refractivity contribution in [3.8, 4) is 0 Å². The highest BCUT2D eigenvalue weighted by atomic mass is 79.9. The highest BCUT2D eigenvalue weighted by Crippen LogP contribution is 2.16. The van der Waals surface area contributed by atoms with Gasteiger partial charge in [0, 0.05) is 23.2 Å². The number of nitrogens with one attached hydrogen (secondary N) is 2. The number of rotatable bonds is 5. The number of halogens is 1. The lowest BCUT2D eigenvalue weighted by Crippen LogP contribution is -2.18. The quantitative estimate of drug-likeness (QED) is 0.836. The van der Waals surface area contributed by atoms with Crippen LogP contribution in [0, 0.1) is 0 Å². The number of carbonyl (C=O) groups excluding carboxylic acids is 1. The third kappa shape index (κ3) is 4.53. The molecule has 1 aromatic carbocycles. The van der Waals surface area contributed by atoms with Gasteiger partial charge in [0.05, 0.1) is 18.0 Å². The summed E-state index contributed by atoms with van der Waals surface area (Å²) in [4.78, 5) is 16.4. The van der Waals surface area contributed by atoms with Gasteiger partial charge in [-0.2, -0.15) is 0 Å². The second-order valence-corrected chi connectivity index (χ2v) is 6.33. The Morgan fingerprint density at radius 1 is 1.35 bits per heavy atom. The van der Waals surface area contributed by atoms with Crippen LogP contribution in [0.4, 0.5) is 11.5 Å². The number of pyridine rings is 1.